The summed E-state index contributed by atoms with van der Waals surface area (Å²) in [6.07, 6.45) is 2.31. The molecule has 0 saturated heterocycles. The Hall–Kier alpha value is -6.96. The summed E-state index contributed by atoms with van der Waals surface area (Å²) in [6, 6.07) is 74.9. The molecule has 0 radical (unpaired) electrons. The molecule has 1 nitrogen and oxygen atoms in total. The highest BCUT2D eigenvalue weighted by molar-refractivity contribution is 6.01. The van der Waals surface area contributed by atoms with Gasteiger partial charge in [0.2, 0.25) is 0 Å². The first-order valence-electron chi connectivity index (χ1n) is 18.2. The molecule has 0 aliphatic carbocycles. The van der Waals surface area contributed by atoms with Gasteiger partial charge < -0.3 is 4.57 Å². The lowest BCUT2D eigenvalue weighted by Crippen LogP contribution is -1.92. The number of benzene rings is 9. The molecule has 0 saturated carbocycles. The van der Waals surface area contributed by atoms with Crippen molar-refractivity contribution in [2.45, 2.75) is 0 Å². The number of hydrogen-bond acceptors (Lipinski definition) is 0. The van der Waals surface area contributed by atoms with Crippen LogP contribution in [0.15, 0.2) is 212 Å². The van der Waals surface area contributed by atoms with Crippen molar-refractivity contribution >= 4 is 32.4 Å². The van der Waals surface area contributed by atoms with Crippen LogP contribution in [0, 0.1) is 0 Å². The fourth-order valence-corrected chi connectivity index (χ4v) is 7.92. The van der Waals surface area contributed by atoms with Gasteiger partial charge in [-0.3, -0.25) is 0 Å². The van der Waals surface area contributed by atoms with E-state index in [2.05, 4.69) is 217 Å². The lowest BCUT2D eigenvalue weighted by Gasteiger charge is -2.10. The summed E-state index contributed by atoms with van der Waals surface area (Å²) in [5.74, 6) is 0. The third kappa shape index (κ3) is 5.60. The molecule has 0 amide bonds. The Balaban J connectivity index is 1.07. The van der Waals surface area contributed by atoms with Gasteiger partial charge in [0.05, 0.1) is 5.52 Å². The van der Waals surface area contributed by atoms with Gasteiger partial charge in [0.1, 0.15) is 0 Å². The molecule has 0 N–H and O–H groups in total. The number of hydrogen-bond donors (Lipinski definition) is 0. The molecule has 1 heteroatoms. The van der Waals surface area contributed by atoms with E-state index in [4.69, 9.17) is 0 Å². The van der Waals surface area contributed by atoms with E-state index >= 15 is 0 Å². The van der Waals surface area contributed by atoms with Gasteiger partial charge in [0.15, 0.2) is 0 Å². The Labute approximate surface area is 309 Å². The van der Waals surface area contributed by atoms with E-state index in [1.165, 1.54) is 88.1 Å². The van der Waals surface area contributed by atoms with Gasteiger partial charge in [-0.2, -0.15) is 0 Å². The fourth-order valence-electron chi connectivity index (χ4n) is 7.92. The van der Waals surface area contributed by atoms with E-state index in [0.717, 1.165) is 5.69 Å². The lowest BCUT2D eigenvalue weighted by atomic mass is 9.94. The number of nitrogens with zero attached hydrogens (tertiary/aromatic N) is 1. The summed E-state index contributed by atoms with van der Waals surface area (Å²) >= 11 is 0. The average molecular weight is 674 g/mol. The molecular formula is C52H35N. The Morgan fingerprint density at radius 2 is 0.698 bits per heavy atom. The van der Waals surface area contributed by atoms with Crippen LogP contribution in [-0.4, -0.2) is 4.57 Å². The van der Waals surface area contributed by atoms with Crippen LogP contribution in [0.1, 0.15) is 0 Å². The van der Waals surface area contributed by atoms with Crippen LogP contribution in [0.3, 0.4) is 0 Å². The molecule has 0 bridgehead atoms. The highest BCUT2D eigenvalue weighted by atomic mass is 15.0. The second-order valence-corrected chi connectivity index (χ2v) is 13.8. The van der Waals surface area contributed by atoms with Gasteiger partial charge in [-0.1, -0.05) is 182 Å². The second-order valence-electron chi connectivity index (χ2n) is 13.8. The van der Waals surface area contributed by atoms with Crippen LogP contribution < -0.4 is 0 Å². The Morgan fingerprint density at radius 3 is 1.30 bits per heavy atom. The van der Waals surface area contributed by atoms with Crippen molar-refractivity contribution in [1.82, 2.24) is 4.57 Å². The van der Waals surface area contributed by atoms with Gasteiger partial charge >= 0.3 is 0 Å². The molecule has 9 aromatic carbocycles. The highest BCUT2D eigenvalue weighted by Crippen LogP contribution is 2.38. The molecule has 10 rings (SSSR count). The summed E-state index contributed by atoms with van der Waals surface area (Å²) in [6.45, 7) is 0. The Morgan fingerprint density at radius 1 is 0.264 bits per heavy atom. The number of fused-ring (bicyclic) bond motifs is 3. The molecule has 0 atom stereocenters. The predicted octanol–water partition coefficient (Wildman–Crippen LogP) is 14.3. The summed E-state index contributed by atoms with van der Waals surface area (Å²) < 4.78 is 2.34. The van der Waals surface area contributed by atoms with Crippen molar-refractivity contribution in [3.05, 3.63) is 212 Å². The van der Waals surface area contributed by atoms with Crippen LogP contribution >= 0.6 is 0 Å². The highest BCUT2D eigenvalue weighted by Gasteiger charge is 2.15. The van der Waals surface area contributed by atoms with Crippen molar-refractivity contribution in [1.29, 1.82) is 0 Å². The molecule has 0 spiro atoms. The Bertz CT molecular complexity index is 2880. The van der Waals surface area contributed by atoms with Crippen LogP contribution in [0.4, 0.5) is 0 Å². The zero-order chi connectivity index (χ0) is 35.1. The normalized spacial score (nSPS) is 11.4. The zero-order valence-corrected chi connectivity index (χ0v) is 29.2. The van der Waals surface area contributed by atoms with Gasteiger partial charge in [-0.25, -0.2) is 0 Å². The fraction of sp³-hybridized carbons (Fsp3) is 0. The van der Waals surface area contributed by atoms with Crippen molar-refractivity contribution < 1.29 is 0 Å². The maximum Gasteiger partial charge on any atom is 0.0535 e. The topological polar surface area (TPSA) is 4.93 Å². The smallest absolute Gasteiger partial charge is 0.0535 e. The molecule has 0 aliphatic heterocycles. The van der Waals surface area contributed by atoms with Crippen molar-refractivity contribution in [3.8, 4) is 61.3 Å². The molecule has 0 aliphatic rings. The Kier molecular flexibility index (Phi) is 7.55. The summed E-state index contributed by atoms with van der Waals surface area (Å²) in [4.78, 5) is 0. The third-order valence-electron chi connectivity index (χ3n) is 10.7. The summed E-state index contributed by atoms with van der Waals surface area (Å²) in [7, 11) is 0. The lowest BCUT2D eigenvalue weighted by molar-refractivity contribution is 1.13. The number of aromatic nitrogens is 1. The van der Waals surface area contributed by atoms with E-state index in [0.29, 0.717) is 0 Å². The second kappa shape index (κ2) is 13.0. The van der Waals surface area contributed by atoms with E-state index in [1.807, 2.05) is 0 Å². The standard InChI is InChI=1S/C52H35N/c1-2-10-36(11-3-1)37-28-31-45(32-29-37)53-35-51(43-26-24-42(25-27-43)49-19-9-15-40-13-5-7-17-47(40)49)50-34-44(30-33-52(50)53)38-20-22-41(23-21-38)48-18-8-14-39-12-4-6-16-46(39)48/h1-35H. The molecule has 1 heterocycles. The molecule has 1 aromatic heterocycles. The van der Waals surface area contributed by atoms with Gasteiger partial charge in [0, 0.05) is 22.8 Å². The van der Waals surface area contributed by atoms with Crippen LogP contribution in [0.2, 0.25) is 0 Å². The first-order valence-corrected chi connectivity index (χ1v) is 18.2. The maximum atomic E-state index is 2.37. The van der Waals surface area contributed by atoms with E-state index in [9.17, 15) is 0 Å². The minimum atomic E-state index is 1.14. The minimum Gasteiger partial charge on any atom is -0.316 e. The van der Waals surface area contributed by atoms with Crippen molar-refractivity contribution in [3.63, 3.8) is 0 Å². The quantitative estimate of drug-likeness (QED) is 0.166. The molecule has 53 heavy (non-hydrogen) atoms. The van der Waals surface area contributed by atoms with Gasteiger partial charge in [-0.15, -0.1) is 0 Å². The minimum absolute atomic E-state index is 1.14. The van der Waals surface area contributed by atoms with E-state index < -0.39 is 0 Å². The van der Waals surface area contributed by atoms with Crippen LogP contribution in [-0.2, 0) is 0 Å². The maximum absolute atomic E-state index is 2.37. The van der Waals surface area contributed by atoms with Crippen LogP contribution in [0.25, 0.3) is 93.8 Å². The summed E-state index contributed by atoms with van der Waals surface area (Å²) in [5, 5.41) is 6.29. The molecule has 0 unspecified atom stereocenters. The largest absolute Gasteiger partial charge is 0.316 e. The first kappa shape index (κ1) is 30.8. The number of rotatable bonds is 6. The monoisotopic (exact) mass is 673 g/mol. The van der Waals surface area contributed by atoms with Gasteiger partial charge in [0.25, 0.3) is 0 Å². The third-order valence-corrected chi connectivity index (χ3v) is 10.7. The first-order chi connectivity index (χ1) is 26.3. The van der Waals surface area contributed by atoms with E-state index in [1.54, 1.807) is 0 Å². The van der Waals surface area contributed by atoms with Crippen molar-refractivity contribution in [2.24, 2.45) is 0 Å². The van der Waals surface area contributed by atoms with Crippen LogP contribution in [0.5, 0.6) is 0 Å². The molecule has 0 fully saturated rings. The molecule has 10 aromatic rings. The predicted molar refractivity (Wildman–Crippen MR) is 225 cm³/mol. The zero-order valence-electron chi connectivity index (χ0n) is 29.2. The van der Waals surface area contributed by atoms with Crippen molar-refractivity contribution in [2.75, 3.05) is 0 Å². The van der Waals surface area contributed by atoms with Gasteiger partial charge in [-0.05, 0) is 95.9 Å². The molecule has 248 valence electrons. The van der Waals surface area contributed by atoms with E-state index in [-0.39, 0.29) is 0 Å². The average Bonchev–Trinajstić information content (AvgIpc) is 3.63. The molecular weight excluding hydrogens is 639 g/mol. The SMILES string of the molecule is c1ccc(-c2ccc(-n3cc(-c4ccc(-c5cccc6ccccc56)cc4)c4cc(-c5ccc(-c6cccc7ccccc67)cc5)ccc43)cc2)cc1. The summed E-state index contributed by atoms with van der Waals surface area (Å²) in [5.41, 5.74) is 14.5.